The zero-order valence-electron chi connectivity index (χ0n) is 17.7. The Morgan fingerprint density at radius 3 is 1.90 bits per heavy atom. The van der Waals surface area contributed by atoms with Crippen molar-refractivity contribution >= 4 is 23.7 Å². The van der Waals surface area contributed by atoms with Crippen LogP contribution in [-0.2, 0) is 25.6 Å². The summed E-state index contributed by atoms with van der Waals surface area (Å²) in [6.07, 6.45) is -0.0260. The SMILES string of the molecule is CC(NC(=O)C(Cc1ccc(O)cc1)NC(=O)C(CO)NC(=O)C(N)C(C)C)C(=O)O. The van der Waals surface area contributed by atoms with Gasteiger partial charge in [0.25, 0.3) is 0 Å². The van der Waals surface area contributed by atoms with Crippen LogP contribution in [0.15, 0.2) is 24.3 Å². The maximum absolute atomic E-state index is 12.6. The van der Waals surface area contributed by atoms with Crippen LogP contribution in [0.3, 0.4) is 0 Å². The van der Waals surface area contributed by atoms with Gasteiger partial charge in [-0.25, -0.2) is 0 Å². The number of aliphatic hydroxyl groups is 1. The van der Waals surface area contributed by atoms with Crippen LogP contribution < -0.4 is 21.7 Å². The molecule has 0 spiro atoms. The number of carbonyl (C=O) groups excluding carboxylic acids is 3. The highest BCUT2D eigenvalue weighted by Crippen LogP contribution is 2.12. The minimum atomic E-state index is -1.36. The number of hydrogen-bond donors (Lipinski definition) is 7. The first-order chi connectivity index (χ1) is 14.5. The number of carbonyl (C=O) groups is 4. The third-order valence-corrected chi connectivity index (χ3v) is 4.57. The molecule has 0 fully saturated rings. The van der Waals surface area contributed by atoms with Crippen LogP contribution in [0.25, 0.3) is 0 Å². The Kier molecular flexibility index (Phi) is 9.90. The lowest BCUT2D eigenvalue weighted by Gasteiger charge is -2.24. The molecule has 0 saturated carbocycles. The van der Waals surface area contributed by atoms with E-state index in [2.05, 4.69) is 16.0 Å². The predicted octanol–water partition coefficient (Wildman–Crippen LogP) is -1.53. The Balaban J connectivity index is 2.98. The molecule has 0 saturated heterocycles. The second-order valence-electron chi connectivity index (χ2n) is 7.51. The van der Waals surface area contributed by atoms with E-state index in [1.165, 1.54) is 31.2 Å². The average molecular weight is 438 g/mol. The monoisotopic (exact) mass is 438 g/mol. The number of carboxylic acid groups (broad SMARTS) is 1. The largest absolute Gasteiger partial charge is 0.508 e. The van der Waals surface area contributed by atoms with E-state index in [1.54, 1.807) is 13.8 Å². The highest BCUT2D eigenvalue weighted by molar-refractivity contribution is 5.94. The summed E-state index contributed by atoms with van der Waals surface area (Å²) in [5.74, 6) is -3.69. The highest BCUT2D eigenvalue weighted by atomic mass is 16.4. The van der Waals surface area contributed by atoms with Crippen LogP contribution in [0.5, 0.6) is 5.75 Å². The molecule has 172 valence electrons. The van der Waals surface area contributed by atoms with Gasteiger partial charge in [0, 0.05) is 6.42 Å². The van der Waals surface area contributed by atoms with Gasteiger partial charge in [0.2, 0.25) is 17.7 Å². The molecule has 31 heavy (non-hydrogen) atoms. The highest BCUT2D eigenvalue weighted by Gasteiger charge is 2.29. The van der Waals surface area contributed by atoms with Gasteiger partial charge < -0.3 is 37.0 Å². The van der Waals surface area contributed by atoms with E-state index in [9.17, 15) is 29.4 Å². The van der Waals surface area contributed by atoms with Gasteiger partial charge in [0.15, 0.2) is 0 Å². The number of aliphatic hydroxyl groups excluding tert-OH is 1. The summed E-state index contributed by atoms with van der Waals surface area (Å²) < 4.78 is 0. The number of hydrogen-bond acceptors (Lipinski definition) is 7. The number of nitrogens with one attached hydrogen (secondary N) is 3. The maximum atomic E-state index is 12.6. The fourth-order valence-electron chi connectivity index (χ4n) is 2.49. The molecule has 11 nitrogen and oxygen atoms in total. The zero-order valence-corrected chi connectivity index (χ0v) is 17.7. The summed E-state index contributed by atoms with van der Waals surface area (Å²) in [7, 11) is 0. The molecule has 0 aliphatic rings. The van der Waals surface area contributed by atoms with E-state index < -0.39 is 54.5 Å². The van der Waals surface area contributed by atoms with Gasteiger partial charge in [0.05, 0.1) is 12.6 Å². The van der Waals surface area contributed by atoms with E-state index in [1.807, 2.05) is 0 Å². The van der Waals surface area contributed by atoms with Gasteiger partial charge in [-0.15, -0.1) is 0 Å². The van der Waals surface area contributed by atoms with Crippen molar-refractivity contribution in [1.29, 1.82) is 0 Å². The Bertz CT molecular complexity index is 782. The molecule has 0 radical (unpaired) electrons. The zero-order chi connectivity index (χ0) is 23.7. The first-order valence-electron chi connectivity index (χ1n) is 9.74. The summed E-state index contributed by atoms with van der Waals surface area (Å²) in [6, 6.07) is 1.21. The molecule has 1 aromatic rings. The molecule has 4 atom stereocenters. The Labute approximate surface area is 180 Å². The fraction of sp³-hybridized carbons (Fsp3) is 0.500. The fourth-order valence-corrected chi connectivity index (χ4v) is 2.49. The Hall–Kier alpha value is -3.18. The molecule has 3 amide bonds. The minimum Gasteiger partial charge on any atom is -0.508 e. The molecule has 0 heterocycles. The summed E-state index contributed by atoms with van der Waals surface area (Å²) in [5.41, 5.74) is 6.32. The number of nitrogens with two attached hydrogens (primary N) is 1. The summed E-state index contributed by atoms with van der Waals surface area (Å²) >= 11 is 0. The Morgan fingerprint density at radius 2 is 1.42 bits per heavy atom. The third kappa shape index (κ3) is 8.22. The predicted molar refractivity (Wildman–Crippen MR) is 111 cm³/mol. The van der Waals surface area contributed by atoms with Gasteiger partial charge in [-0.2, -0.15) is 0 Å². The normalized spacial score (nSPS) is 14.8. The number of benzene rings is 1. The van der Waals surface area contributed by atoms with Crippen molar-refractivity contribution in [3.63, 3.8) is 0 Å². The third-order valence-electron chi connectivity index (χ3n) is 4.57. The molecule has 1 aromatic carbocycles. The molecule has 0 aromatic heterocycles. The van der Waals surface area contributed by atoms with Crippen LogP contribution in [0, 0.1) is 5.92 Å². The second kappa shape index (κ2) is 11.9. The number of phenols is 1. The number of aliphatic carboxylic acids is 1. The van der Waals surface area contributed by atoms with E-state index in [4.69, 9.17) is 10.8 Å². The van der Waals surface area contributed by atoms with Crippen LogP contribution in [-0.4, -0.2) is 69.8 Å². The Morgan fingerprint density at radius 1 is 0.903 bits per heavy atom. The number of amides is 3. The van der Waals surface area contributed by atoms with E-state index in [0.717, 1.165) is 0 Å². The van der Waals surface area contributed by atoms with Crippen molar-refractivity contribution in [2.75, 3.05) is 6.61 Å². The van der Waals surface area contributed by atoms with Crippen molar-refractivity contribution in [3.05, 3.63) is 29.8 Å². The van der Waals surface area contributed by atoms with Crippen molar-refractivity contribution < 1.29 is 34.5 Å². The van der Waals surface area contributed by atoms with Crippen molar-refractivity contribution in [3.8, 4) is 5.75 Å². The standard InChI is InChI=1S/C20H30N4O7/c1-10(2)16(21)19(29)24-15(9-25)18(28)23-14(17(27)22-11(3)20(30)31)8-12-4-6-13(26)7-5-12/h4-7,10-11,14-16,25-26H,8-9,21H2,1-3H3,(H,22,27)(H,23,28)(H,24,29)(H,30,31). The molecule has 0 aliphatic carbocycles. The number of rotatable bonds is 11. The molecular weight excluding hydrogens is 408 g/mol. The molecular formula is C20H30N4O7. The van der Waals surface area contributed by atoms with Crippen molar-refractivity contribution in [1.82, 2.24) is 16.0 Å². The molecule has 0 bridgehead atoms. The quantitative estimate of drug-likeness (QED) is 0.216. The first kappa shape index (κ1) is 25.9. The molecule has 1 rings (SSSR count). The molecule has 4 unspecified atom stereocenters. The van der Waals surface area contributed by atoms with Crippen molar-refractivity contribution in [2.45, 2.75) is 51.4 Å². The van der Waals surface area contributed by atoms with E-state index >= 15 is 0 Å². The first-order valence-corrected chi connectivity index (χ1v) is 9.74. The number of aromatic hydroxyl groups is 1. The molecule has 11 heteroatoms. The van der Waals surface area contributed by atoms with Gasteiger partial charge in [-0.1, -0.05) is 26.0 Å². The van der Waals surface area contributed by atoms with Gasteiger partial charge >= 0.3 is 5.97 Å². The number of carboxylic acids is 1. The van der Waals surface area contributed by atoms with Crippen LogP contribution in [0.1, 0.15) is 26.3 Å². The van der Waals surface area contributed by atoms with Crippen LogP contribution in [0.4, 0.5) is 0 Å². The summed E-state index contributed by atoms with van der Waals surface area (Å²) in [6.45, 7) is 3.98. The lowest BCUT2D eigenvalue weighted by Crippen LogP contribution is -2.58. The second-order valence-corrected chi connectivity index (χ2v) is 7.51. The number of phenolic OH excluding ortho intramolecular Hbond substituents is 1. The smallest absolute Gasteiger partial charge is 0.325 e. The average Bonchev–Trinajstić information content (AvgIpc) is 2.71. The van der Waals surface area contributed by atoms with Gasteiger partial charge in [0.1, 0.15) is 23.9 Å². The summed E-state index contributed by atoms with van der Waals surface area (Å²) in [4.78, 5) is 48.4. The lowest BCUT2D eigenvalue weighted by molar-refractivity contribution is -0.141. The molecule has 0 aliphatic heterocycles. The van der Waals surface area contributed by atoms with Crippen molar-refractivity contribution in [2.24, 2.45) is 11.7 Å². The minimum absolute atomic E-state index is 0.0119. The lowest BCUT2D eigenvalue weighted by atomic mass is 10.0. The van der Waals surface area contributed by atoms with E-state index in [-0.39, 0.29) is 18.1 Å². The topological polar surface area (TPSA) is 191 Å². The maximum Gasteiger partial charge on any atom is 0.325 e. The molecule has 8 N–H and O–H groups in total. The van der Waals surface area contributed by atoms with Crippen LogP contribution in [0.2, 0.25) is 0 Å². The van der Waals surface area contributed by atoms with Crippen LogP contribution >= 0.6 is 0 Å². The summed E-state index contributed by atoms with van der Waals surface area (Å²) in [5, 5.41) is 35.0. The van der Waals surface area contributed by atoms with Gasteiger partial charge in [-0.05, 0) is 30.5 Å². The van der Waals surface area contributed by atoms with Gasteiger partial charge in [-0.3, -0.25) is 19.2 Å². The van der Waals surface area contributed by atoms with E-state index in [0.29, 0.717) is 5.56 Å².